The Morgan fingerprint density at radius 1 is 1.22 bits per heavy atom. The van der Waals surface area contributed by atoms with Crippen LogP contribution in [0.5, 0.6) is 0 Å². The molecule has 0 aliphatic heterocycles. The summed E-state index contributed by atoms with van der Waals surface area (Å²) in [5.74, 6) is 2.63. The van der Waals surface area contributed by atoms with Gasteiger partial charge in [0, 0.05) is 24.6 Å². The van der Waals surface area contributed by atoms with E-state index in [1.807, 2.05) is 13.1 Å². The van der Waals surface area contributed by atoms with Crippen molar-refractivity contribution in [2.75, 3.05) is 17.7 Å². The highest BCUT2D eigenvalue weighted by Gasteiger charge is 2.19. The molecule has 1 unspecified atom stereocenters. The molecule has 102 valence electrons. The molecule has 4 heteroatoms. The zero-order valence-electron chi connectivity index (χ0n) is 12.5. The molecule has 0 aliphatic carbocycles. The average Bonchev–Trinajstić information content (AvgIpc) is 2.27. The molecular weight excluding hydrogens is 224 g/mol. The summed E-state index contributed by atoms with van der Waals surface area (Å²) in [4.78, 5) is 9.13. The zero-order valence-corrected chi connectivity index (χ0v) is 12.5. The van der Waals surface area contributed by atoms with Crippen LogP contribution < -0.4 is 10.6 Å². The van der Waals surface area contributed by atoms with Crippen molar-refractivity contribution >= 4 is 11.6 Å². The third-order valence-electron chi connectivity index (χ3n) is 2.77. The predicted octanol–water partition coefficient (Wildman–Crippen LogP) is 3.42. The fourth-order valence-electron chi connectivity index (χ4n) is 1.74. The van der Waals surface area contributed by atoms with Gasteiger partial charge in [-0.2, -0.15) is 0 Å². The Kier molecular flexibility index (Phi) is 4.93. The van der Waals surface area contributed by atoms with Crippen LogP contribution in [0.15, 0.2) is 6.07 Å². The van der Waals surface area contributed by atoms with Crippen LogP contribution in [0.1, 0.15) is 53.3 Å². The van der Waals surface area contributed by atoms with Gasteiger partial charge < -0.3 is 10.6 Å². The van der Waals surface area contributed by atoms with E-state index < -0.39 is 0 Å². The van der Waals surface area contributed by atoms with Gasteiger partial charge in [0.1, 0.15) is 17.5 Å². The van der Waals surface area contributed by atoms with E-state index in [-0.39, 0.29) is 5.41 Å². The van der Waals surface area contributed by atoms with E-state index in [0.29, 0.717) is 6.04 Å². The highest BCUT2D eigenvalue weighted by atomic mass is 15.1. The number of nitrogens with zero attached hydrogens (tertiary/aromatic N) is 2. The molecule has 0 saturated carbocycles. The van der Waals surface area contributed by atoms with E-state index >= 15 is 0 Å². The van der Waals surface area contributed by atoms with Gasteiger partial charge in [-0.25, -0.2) is 9.97 Å². The van der Waals surface area contributed by atoms with Gasteiger partial charge in [-0.3, -0.25) is 0 Å². The van der Waals surface area contributed by atoms with E-state index in [2.05, 4.69) is 55.2 Å². The van der Waals surface area contributed by atoms with Crippen molar-refractivity contribution in [2.45, 2.75) is 58.9 Å². The van der Waals surface area contributed by atoms with Crippen LogP contribution in [-0.4, -0.2) is 23.1 Å². The topological polar surface area (TPSA) is 49.8 Å². The van der Waals surface area contributed by atoms with Crippen LogP contribution >= 0.6 is 0 Å². The third-order valence-corrected chi connectivity index (χ3v) is 2.77. The zero-order chi connectivity index (χ0) is 13.8. The Hall–Kier alpha value is -1.32. The first-order chi connectivity index (χ1) is 8.36. The molecule has 1 aromatic rings. The molecular formula is C14H26N4. The lowest BCUT2D eigenvalue weighted by molar-refractivity contribution is 0.546. The fraction of sp³-hybridized carbons (Fsp3) is 0.714. The molecule has 0 fully saturated rings. The fourth-order valence-corrected chi connectivity index (χ4v) is 1.74. The van der Waals surface area contributed by atoms with Crippen LogP contribution in [0.4, 0.5) is 11.6 Å². The molecule has 1 rings (SSSR count). The van der Waals surface area contributed by atoms with Gasteiger partial charge in [-0.1, -0.05) is 34.1 Å². The lowest BCUT2D eigenvalue weighted by atomic mass is 9.96. The molecule has 0 radical (unpaired) electrons. The lowest BCUT2D eigenvalue weighted by Gasteiger charge is -2.20. The van der Waals surface area contributed by atoms with Crippen LogP contribution in [-0.2, 0) is 5.41 Å². The molecule has 0 amide bonds. The Balaban J connectivity index is 2.97. The standard InChI is InChI=1S/C14H26N4/c1-7-8-10(2)16-12-9-11(15-6)17-13(18-12)14(3,4)5/h9-10H,7-8H2,1-6H3,(H2,15,16,17,18). The summed E-state index contributed by atoms with van der Waals surface area (Å²) in [6.45, 7) is 10.8. The SMILES string of the molecule is CCCC(C)Nc1cc(NC)nc(C(C)(C)C)n1. The number of hydrogen-bond donors (Lipinski definition) is 2. The quantitative estimate of drug-likeness (QED) is 0.840. The van der Waals surface area contributed by atoms with Crippen molar-refractivity contribution < 1.29 is 0 Å². The van der Waals surface area contributed by atoms with Gasteiger partial charge in [0.15, 0.2) is 0 Å². The normalized spacial score (nSPS) is 13.2. The average molecular weight is 250 g/mol. The number of hydrogen-bond acceptors (Lipinski definition) is 4. The molecule has 1 aromatic heterocycles. The first kappa shape index (κ1) is 14.7. The van der Waals surface area contributed by atoms with Crippen molar-refractivity contribution in [3.05, 3.63) is 11.9 Å². The summed E-state index contributed by atoms with van der Waals surface area (Å²) in [5, 5.41) is 6.53. The van der Waals surface area contributed by atoms with E-state index in [9.17, 15) is 0 Å². The maximum atomic E-state index is 4.61. The second kappa shape index (κ2) is 6.03. The van der Waals surface area contributed by atoms with Gasteiger partial charge in [0.2, 0.25) is 0 Å². The summed E-state index contributed by atoms with van der Waals surface area (Å²) in [7, 11) is 1.88. The second-order valence-corrected chi connectivity index (χ2v) is 5.80. The second-order valence-electron chi connectivity index (χ2n) is 5.80. The highest BCUT2D eigenvalue weighted by Crippen LogP contribution is 2.22. The largest absolute Gasteiger partial charge is 0.373 e. The number of nitrogens with one attached hydrogen (secondary N) is 2. The number of rotatable bonds is 5. The molecule has 4 nitrogen and oxygen atoms in total. The summed E-state index contributed by atoms with van der Waals surface area (Å²) in [5.41, 5.74) is -0.0444. The monoisotopic (exact) mass is 250 g/mol. The van der Waals surface area contributed by atoms with Crippen LogP contribution in [0.3, 0.4) is 0 Å². The maximum absolute atomic E-state index is 4.61. The molecule has 0 aliphatic rings. The Labute approximate surface area is 111 Å². The Morgan fingerprint density at radius 2 is 1.83 bits per heavy atom. The van der Waals surface area contributed by atoms with Crippen LogP contribution in [0.25, 0.3) is 0 Å². The number of aromatic nitrogens is 2. The van der Waals surface area contributed by atoms with E-state index in [1.165, 1.54) is 6.42 Å². The van der Waals surface area contributed by atoms with Crippen molar-refractivity contribution in [1.82, 2.24) is 9.97 Å². The third kappa shape index (κ3) is 4.17. The van der Waals surface area contributed by atoms with E-state index in [0.717, 1.165) is 23.9 Å². The van der Waals surface area contributed by atoms with E-state index in [1.54, 1.807) is 0 Å². The lowest BCUT2D eigenvalue weighted by Crippen LogP contribution is -2.21. The first-order valence-corrected chi connectivity index (χ1v) is 6.70. The highest BCUT2D eigenvalue weighted by molar-refractivity contribution is 5.48. The smallest absolute Gasteiger partial charge is 0.138 e. The Bertz CT molecular complexity index is 382. The van der Waals surface area contributed by atoms with Gasteiger partial charge in [0.05, 0.1) is 0 Å². The van der Waals surface area contributed by atoms with Gasteiger partial charge in [-0.15, -0.1) is 0 Å². The summed E-state index contributed by atoms with van der Waals surface area (Å²) < 4.78 is 0. The van der Waals surface area contributed by atoms with Crippen molar-refractivity contribution in [3.63, 3.8) is 0 Å². The number of anilines is 2. The Morgan fingerprint density at radius 3 is 2.33 bits per heavy atom. The molecule has 1 atom stereocenters. The molecule has 0 saturated heterocycles. The minimum atomic E-state index is -0.0444. The molecule has 2 N–H and O–H groups in total. The van der Waals surface area contributed by atoms with Gasteiger partial charge in [0.25, 0.3) is 0 Å². The van der Waals surface area contributed by atoms with E-state index in [4.69, 9.17) is 0 Å². The van der Waals surface area contributed by atoms with Crippen LogP contribution in [0, 0.1) is 0 Å². The molecule has 1 heterocycles. The predicted molar refractivity (Wildman–Crippen MR) is 78.3 cm³/mol. The summed E-state index contributed by atoms with van der Waals surface area (Å²) in [6.07, 6.45) is 2.31. The summed E-state index contributed by atoms with van der Waals surface area (Å²) in [6, 6.07) is 2.39. The van der Waals surface area contributed by atoms with Gasteiger partial charge in [-0.05, 0) is 13.3 Å². The molecule has 0 bridgehead atoms. The first-order valence-electron chi connectivity index (χ1n) is 6.70. The van der Waals surface area contributed by atoms with Crippen molar-refractivity contribution in [2.24, 2.45) is 0 Å². The summed E-state index contributed by atoms with van der Waals surface area (Å²) >= 11 is 0. The minimum Gasteiger partial charge on any atom is -0.373 e. The van der Waals surface area contributed by atoms with Crippen LogP contribution in [0.2, 0.25) is 0 Å². The van der Waals surface area contributed by atoms with Crippen molar-refractivity contribution in [1.29, 1.82) is 0 Å². The minimum absolute atomic E-state index is 0.0444. The molecule has 18 heavy (non-hydrogen) atoms. The van der Waals surface area contributed by atoms with Crippen molar-refractivity contribution in [3.8, 4) is 0 Å². The van der Waals surface area contributed by atoms with Gasteiger partial charge >= 0.3 is 0 Å². The molecule has 0 spiro atoms. The molecule has 0 aromatic carbocycles. The maximum Gasteiger partial charge on any atom is 0.138 e.